The molecule has 2 N–H and O–H groups in total. The van der Waals surface area contributed by atoms with Gasteiger partial charge in [0.25, 0.3) is 0 Å². The third kappa shape index (κ3) is 3.33. The number of anilines is 1. The molecule has 0 aliphatic heterocycles. The van der Waals surface area contributed by atoms with Gasteiger partial charge in [-0.2, -0.15) is 0 Å². The zero-order valence-corrected chi connectivity index (χ0v) is 12.6. The first-order chi connectivity index (χ1) is 9.51. The molecular formula is C16H15Cl2NO. The maximum Gasteiger partial charge on any atom is 0.167 e. The molecule has 0 radical (unpaired) electrons. The van der Waals surface area contributed by atoms with Crippen molar-refractivity contribution in [3.8, 4) is 0 Å². The zero-order chi connectivity index (χ0) is 14.7. The molecule has 0 heterocycles. The number of aryl methyl sites for hydroxylation is 1. The highest BCUT2D eigenvalue weighted by Crippen LogP contribution is 2.29. The van der Waals surface area contributed by atoms with E-state index in [1.807, 2.05) is 24.3 Å². The van der Waals surface area contributed by atoms with E-state index in [2.05, 4.69) is 6.92 Å². The Hall–Kier alpha value is -1.51. The number of nitrogen functional groups attached to an aromatic ring is 1. The maximum atomic E-state index is 12.2. The van der Waals surface area contributed by atoms with Gasteiger partial charge in [0.2, 0.25) is 0 Å². The molecule has 0 unspecified atom stereocenters. The molecule has 0 aliphatic rings. The van der Waals surface area contributed by atoms with Crippen LogP contribution in [0.5, 0.6) is 0 Å². The van der Waals surface area contributed by atoms with Crippen LogP contribution >= 0.6 is 23.2 Å². The lowest BCUT2D eigenvalue weighted by Gasteiger charge is -2.06. The van der Waals surface area contributed by atoms with Crippen molar-refractivity contribution in [2.75, 3.05) is 5.73 Å². The lowest BCUT2D eigenvalue weighted by Crippen LogP contribution is -2.04. The predicted molar refractivity (Wildman–Crippen MR) is 84.7 cm³/mol. The lowest BCUT2D eigenvalue weighted by atomic mass is 10.0. The van der Waals surface area contributed by atoms with Crippen molar-refractivity contribution < 1.29 is 4.79 Å². The molecule has 0 amide bonds. The molecule has 0 spiro atoms. The number of hydrogen-bond donors (Lipinski definition) is 1. The van der Waals surface area contributed by atoms with E-state index >= 15 is 0 Å². The van der Waals surface area contributed by atoms with E-state index in [4.69, 9.17) is 28.9 Å². The third-order valence-electron chi connectivity index (χ3n) is 3.20. The minimum atomic E-state index is -0.0296. The van der Waals surface area contributed by atoms with Gasteiger partial charge < -0.3 is 5.73 Å². The first kappa shape index (κ1) is 14.9. The van der Waals surface area contributed by atoms with E-state index in [0.717, 1.165) is 12.0 Å². The van der Waals surface area contributed by atoms with Gasteiger partial charge in [0.1, 0.15) is 0 Å². The number of carbonyl (C=O) groups is 1. The van der Waals surface area contributed by atoms with Gasteiger partial charge in [-0.15, -0.1) is 0 Å². The van der Waals surface area contributed by atoms with Crippen LogP contribution in [0.15, 0.2) is 36.4 Å². The minimum Gasteiger partial charge on any atom is -0.396 e. The molecule has 2 nitrogen and oxygen atoms in total. The van der Waals surface area contributed by atoms with Crippen molar-refractivity contribution in [1.29, 1.82) is 0 Å². The van der Waals surface area contributed by atoms with Crippen LogP contribution in [-0.2, 0) is 12.8 Å². The molecule has 2 aromatic rings. The van der Waals surface area contributed by atoms with Crippen LogP contribution in [0.25, 0.3) is 0 Å². The van der Waals surface area contributed by atoms with Gasteiger partial charge in [0, 0.05) is 12.0 Å². The molecule has 0 bridgehead atoms. The number of carbonyl (C=O) groups excluding carboxylic acids is 1. The van der Waals surface area contributed by atoms with Crippen LogP contribution in [0.2, 0.25) is 10.0 Å². The normalized spacial score (nSPS) is 10.6. The Labute approximate surface area is 128 Å². The van der Waals surface area contributed by atoms with E-state index in [1.54, 1.807) is 12.1 Å². The summed E-state index contributed by atoms with van der Waals surface area (Å²) in [6.45, 7) is 2.10. The van der Waals surface area contributed by atoms with Crippen molar-refractivity contribution in [2.24, 2.45) is 0 Å². The molecule has 0 aromatic heterocycles. The fourth-order valence-electron chi connectivity index (χ4n) is 1.93. The fraction of sp³-hybridized carbons (Fsp3) is 0.188. The first-order valence-corrected chi connectivity index (χ1v) is 7.12. The molecule has 0 atom stereocenters. The number of halogens is 2. The van der Waals surface area contributed by atoms with Crippen LogP contribution < -0.4 is 5.73 Å². The Kier molecular flexibility index (Phi) is 4.69. The van der Waals surface area contributed by atoms with E-state index < -0.39 is 0 Å². The summed E-state index contributed by atoms with van der Waals surface area (Å²) in [5.74, 6) is -0.0296. The Balaban J connectivity index is 2.19. The molecule has 0 aliphatic carbocycles. The molecule has 0 saturated carbocycles. The van der Waals surface area contributed by atoms with E-state index in [1.165, 1.54) is 5.56 Å². The van der Waals surface area contributed by atoms with Gasteiger partial charge in [-0.25, -0.2) is 0 Å². The highest BCUT2D eigenvalue weighted by Gasteiger charge is 2.12. The Bertz CT molecular complexity index is 612. The van der Waals surface area contributed by atoms with Crippen molar-refractivity contribution in [2.45, 2.75) is 19.8 Å². The van der Waals surface area contributed by atoms with Gasteiger partial charge in [-0.05, 0) is 29.7 Å². The summed E-state index contributed by atoms with van der Waals surface area (Å²) in [5, 5.41) is 0.615. The minimum absolute atomic E-state index is 0.0296. The SMILES string of the molecule is CCc1ccc(CC(=O)c2cc(Cl)c(N)c(Cl)c2)cc1. The molecule has 20 heavy (non-hydrogen) atoms. The van der Waals surface area contributed by atoms with Crippen molar-refractivity contribution in [1.82, 2.24) is 0 Å². The standard InChI is InChI=1S/C16H15Cl2NO/c1-2-10-3-5-11(6-4-10)7-15(20)12-8-13(17)16(19)14(18)9-12/h3-6,8-9H,2,7,19H2,1H3. The number of Topliss-reactive ketones (excluding diaryl/α,β-unsaturated/α-hetero) is 1. The second-order valence-corrected chi connectivity index (χ2v) is 5.44. The van der Waals surface area contributed by atoms with E-state index in [0.29, 0.717) is 27.7 Å². The van der Waals surface area contributed by atoms with Gasteiger partial charge in [-0.1, -0.05) is 54.4 Å². The summed E-state index contributed by atoms with van der Waals surface area (Å²) in [5.41, 5.74) is 8.66. The average Bonchev–Trinajstić information content (AvgIpc) is 2.45. The second kappa shape index (κ2) is 6.29. The fourth-order valence-corrected chi connectivity index (χ4v) is 2.41. The summed E-state index contributed by atoms with van der Waals surface area (Å²) in [6.07, 6.45) is 1.30. The van der Waals surface area contributed by atoms with Crippen LogP contribution in [-0.4, -0.2) is 5.78 Å². The number of hydrogen-bond acceptors (Lipinski definition) is 2. The van der Waals surface area contributed by atoms with Crippen LogP contribution in [0, 0.1) is 0 Å². The quantitative estimate of drug-likeness (QED) is 0.664. The first-order valence-electron chi connectivity index (χ1n) is 6.36. The van der Waals surface area contributed by atoms with Gasteiger partial charge >= 0.3 is 0 Å². The summed E-state index contributed by atoms with van der Waals surface area (Å²) in [7, 11) is 0. The highest BCUT2D eigenvalue weighted by molar-refractivity contribution is 6.39. The summed E-state index contributed by atoms with van der Waals surface area (Å²) in [4.78, 5) is 12.2. The zero-order valence-electron chi connectivity index (χ0n) is 11.1. The molecular weight excluding hydrogens is 293 g/mol. The van der Waals surface area contributed by atoms with E-state index in [-0.39, 0.29) is 5.78 Å². The summed E-state index contributed by atoms with van der Waals surface area (Å²) >= 11 is 11.9. The molecule has 4 heteroatoms. The van der Waals surface area contributed by atoms with Crippen LogP contribution in [0.1, 0.15) is 28.4 Å². The molecule has 0 fully saturated rings. The second-order valence-electron chi connectivity index (χ2n) is 4.62. The Morgan fingerprint density at radius 1 is 1.05 bits per heavy atom. The molecule has 104 valence electrons. The highest BCUT2D eigenvalue weighted by atomic mass is 35.5. The average molecular weight is 308 g/mol. The van der Waals surface area contributed by atoms with E-state index in [9.17, 15) is 4.79 Å². The Morgan fingerprint density at radius 2 is 1.55 bits per heavy atom. The predicted octanol–water partition coefficient (Wildman–Crippen LogP) is 4.56. The van der Waals surface area contributed by atoms with Crippen LogP contribution in [0.4, 0.5) is 5.69 Å². The third-order valence-corrected chi connectivity index (χ3v) is 3.82. The Morgan fingerprint density at radius 3 is 2.05 bits per heavy atom. The molecule has 0 saturated heterocycles. The summed E-state index contributed by atoms with van der Waals surface area (Å²) < 4.78 is 0. The van der Waals surface area contributed by atoms with Crippen molar-refractivity contribution in [3.05, 3.63) is 63.1 Å². The van der Waals surface area contributed by atoms with Crippen LogP contribution in [0.3, 0.4) is 0 Å². The number of ketones is 1. The summed E-state index contributed by atoms with van der Waals surface area (Å²) in [6, 6.07) is 11.1. The van der Waals surface area contributed by atoms with Gasteiger partial charge in [0.15, 0.2) is 5.78 Å². The lowest BCUT2D eigenvalue weighted by molar-refractivity contribution is 0.0993. The van der Waals surface area contributed by atoms with Gasteiger partial charge in [-0.3, -0.25) is 4.79 Å². The maximum absolute atomic E-state index is 12.2. The molecule has 2 rings (SSSR count). The monoisotopic (exact) mass is 307 g/mol. The van der Waals surface area contributed by atoms with Crippen molar-refractivity contribution >= 4 is 34.7 Å². The number of benzene rings is 2. The number of nitrogens with two attached hydrogens (primary N) is 1. The topological polar surface area (TPSA) is 43.1 Å². The largest absolute Gasteiger partial charge is 0.396 e. The molecule has 2 aromatic carbocycles. The van der Waals surface area contributed by atoms with Gasteiger partial charge in [0.05, 0.1) is 15.7 Å². The smallest absolute Gasteiger partial charge is 0.167 e. The van der Waals surface area contributed by atoms with Crippen molar-refractivity contribution in [3.63, 3.8) is 0 Å². The number of rotatable bonds is 4.